The number of aromatic nitrogens is 2. The topological polar surface area (TPSA) is 71.3 Å². The Balaban J connectivity index is 1.89. The maximum Gasteiger partial charge on any atom is 0.247 e. The maximum atomic E-state index is 11.6. The Bertz CT molecular complexity index is 568. The molecule has 0 saturated carbocycles. The monoisotopic (exact) mass is 288 g/mol. The van der Waals surface area contributed by atoms with Crippen LogP contribution in [0.2, 0.25) is 0 Å². The zero-order chi connectivity index (χ0) is 15.1. The fourth-order valence-electron chi connectivity index (χ4n) is 1.87. The lowest BCUT2D eigenvalue weighted by molar-refractivity contribution is -0.122. The number of amides is 1. The van der Waals surface area contributed by atoms with E-state index in [1.165, 1.54) is 0 Å². The molecule has 1 aromatic carbocycles. The van der Waals surface area contributed by atoms with Gasteiger partial charge in [0.15, 0.2) is 0 Å². The second-order valence-electron chi connectivity index (χ2n) is 4.89. The Labute approximate surface area is 124 Å². The van der Waals surface area contributed by atoms with Gasteiger partial charge in [0.25, 0.3) is 0 Å². The highest BCUT2D eigenvalue weighted by molar-refractivity contribution is 5.77. The van der Waals surface area contributed by atoms with Crippen LogP contribution in [0.25, 0.3) is 11.5 Å². The van der Waals surface area contributed by atoms with Crippen LogP contribution in [0.1, 0.15) is 19.2 Å². The highest BCUT2D eigenvalue weighted by Crippen LogP contribution is 2.17. The molecule has 0 spiro atoms. The number of rotatable bonds is 7. The SMILES string of the molecule is CCCNC(=O)CN(C)Cc1nnc(-c2ccccc2)o1. The van der Waals surface area contributed by atoms with E-state index in [9.17, 15) is 4.79 Å². The summed E-state index contributed by atoms with van der Waals surface area (Å²) >= 11 is 0. The van der Waals surface area contributed by atoms with Gasteiger partial charge >= 0.3 is 0 Å². The molecule has 0 radical (unpaired) electrons. The molecule has 0 aliphatic rings. The van der Waals surface area contributed by atoms with Crippen molar-refractivity contribution < 1.29 is 9.21 Å². The predicted octanol–water partition coefficient (Wildman–Crippen LogP) is 1.69. The molecule has 1 N–H and O–H groups in total. The second kappa shape index (κ2) is 7.54. The molecule has 0 aliphatic heterocycles. The number of carbonyl (C=O) groups is 1. The molecule has 0 aliphatic carbocycles. The minimum atomic E-state index is 0.00199. The summed E-state index contributed by atoms with van der Waals surface area (Å²) in [4.78, 5) is 13.5. The number of benzene rings is 1. The van der Waals surface area contributed by atoms with Gasteiger partial charge in [-0.2, -0.15) is 0 Å². The summed E-state index contributed by atoms with van der Waals surface area (Å²) in [5.74, 6) is 0.997. The summed E-state index contributed by atoms with van der Waals surface area (Å²) in [5, 5.41) is 10.9. The average Bonchev–Trinajstić information content (AvgIpc) is 2.94. The zero-order valence-electron chi connectivity index (χ0n) is 12.4. The third-order valence-corrected chi connectivity index (χ3v) is 2.88. The summed E-state index contributed by atoms with van der Waals surface area (Å²) in [6.45, 7) is 3.47. The molecule has 2 aromatic rings. The first kappa shape index (κ1) is 15.2. The Morgan fingerprint density at radius 2 is 2.05 bits per heavy atom. The van der Waals surface area contributed by atoms with Crippen molar-refractivity contribution >= 4 is 5.91 Å². The molecule has 112 valence electrons. The molecule has 21 heavy (non-hydrogen) atoms. The second-order valence-corrected chi connectivity index (χ2v) is 4.89. The minimum Gasteiger partial charge on any atom is -0.419 e. The van der Waals surface area contributed by atoms with Crippen LogP contribution < -0.4 is 5.32 Å². The van der Waals surface area contributed by atoms with Crippen LogP contribution in [-0.2, 0) is 11.3 Å². The van der Waals surface area contributed by atoms with Gasteiger partial charge in [-0.25, -0.2) is 0 Å². The summed E-state index contributed by atoms with van der Waals surface area (Å²) in [6.07, 6.45) is 0.930. The van der Waals surface area contributed by atoms with Crippen molar-refractivity contribution in [1.29, 1.82) is 0 Å². The third kappa shape index (κ3) is 4.68. The van der Waals surface area contributed by atoms with Gasteiger partial charge in [-0.3, -0.25) is 9.69 Å². The quantitative estimate of drug-likeness (QED) is 0.839. The average molecular weight is 288 g/mol. The molecule has 1 heterocycles. The maximum absolute atomic E-state index is 11.6. The molecule has 0 unspecified atom stereocenters. The van der Waals surface area contributed by atoms with Crippen LogP contribution in [-0.4, -0.2) is 41.1 Å². The normalized spacial score (nSPS) is 10.8. The number of carbonyl (C=O) groups excluding carboxylic acids is 1. The summed E-state index contributed by atoms with van der Waals surface area (Å²) < 4.78 is 5.61. The van der Waals surface area contributed by atoms with Crippen molar-refractivity contribution in [2.45, 2.75) is 19.9 Å². The van der Waals surface area contributed by atoms with Crippen LogP contribution in [0.4, 0.5) is 0 Å². The fourth-order valence-corrected chi connectivity index (χ4v) is 1.87. The van der Waals surface area contributed by atoms with Crippen LogP contribution in [0.3, 0.4) is 0 Å². The highest BCUT2D eigenvalue weighted by Gasteiger charge is 2.12. The molecule has 1 amide bonds. The van der Waals surface area contributed by atoms with Crippen molar-refractivity contribution in [2.24, 2.45) is 0 Å². The van der Waals surface area contributed by atoms with Crippen molar-refractivity contribution in [3.63, 3.8) is 0 Å². The number of nitrogens with one attached hydrogen (secondary N) is 1. The summed E-state index contributed by atoms with van der Waals surface area (Å²) in [6, 6.07) is 9.61. The Morgan fingerprint density at radius 3 is 2.76 bits per heavy atom. The number of likely N-dealkylation sites (N-methyl/N-ethyl adjacent to an activating group) is 1. The van der Waals surface area contributed by atoms with E-state index in [2.05, 4.69) is 15.5 Å². The fraction of sp³-hybridized carbons (Fsp3) is 0.400. The lowest BCUT2D eigenvalue weighted by Gasteiger charge is -2.13. The molecule has 0 fully saturated rings. The van der Waals surface area contributed by atoms with E-state index in [0.29, 0.717) is 31.4 Å². The van der Waals surface area contributed by atoms with E-state index in [1.807, 2.05) is 49.2 Å². The van der Waals surface area contributed by atoms with E-state index < -0.39 is 0 Å². The molecule has 6 nitrogen and oxygen atoms in total. The van der Waals surface area contributed by atoms with Crippen LogP contribution in [0.5, 0.6) is 0 Å². The largest absolute Gasteiger partial charge is 0.419 e. The van der Waals surface area contributed by atoms with Crippen molar-refractivity contribution in [3.05, 3.63) is 36.2 Å². The van der Waals surface area contributed by atoms with Gasteiger partial charge in [-0.1, -0.05) is 25.1 Å². The summed E-state index contributed by atoms with van der Waals surface area (Å²) in [7, 11) is 1.85. The van der Waals surface area contributed by atoms with Gasteiger partial charge in [-0.15, -0.1) is 10.2 Å². The van der Waals surface area contributed by atoms with E-state index in [1.54, 1.807) is 0 Å². The first-order valence-electron chi connectivity index (χ1n) is 7.02. The molecule has 6 heteroatoms. The van der Waals surface area contributed by atoms with Crippen LogP contribution in [0, 0.1) is 0 Å². The standard InChI is InChI=1S/C15H20N4O2/c1-3-9-16-13(20)10-19(2)11-14-17-18-15(21-14)12-7-5-4-6-8-12/h4-8H,3,9-11H2,1-2H3,(H,16,20). The molecule has 1 aromatic heterocycles. The summed E-state index contributed by atoms with van der Waals surface area (Å²) in [5.41, 5.74) is 0.889. The lowest BCUT2D eigenvalue weighted by atomic mass is 10.2. The van der Waals surface area contributed by atoms with E-state index in [4.69, 9.17) is 4.42 Å². The molecule has 0 saturated heterocycles. The van der Waals surface area contributed by atoms with Crippen molar-refractivity contribution in [3.8, 4) is 11.5 Å². The highest BCUT2D eigenvalue weighted by atomic mass is 16.4. The molecule has 0 atom stereocenters. The van der Waals surface area contributed by atoms with Crippen molar-refractivity contribution in [2.75, 3.05) is 20.1 Å². The van der Waals surface area contributed by atoms with Gasteiger partial charge < -0.3 is 9.73 Å². The van der Waals surface area contributed by atoms with Crippen LogP contribution in [0.15, 0.2) is 34.7 Å². The first-order chi connectivity index (χ1) is 10.2. The Morgan fingerprint density at radius 1 is 1.29 bits per heavy atom. The van der Waals surface area contributed by atoms with Gasteiger partial charge in [0.05, 0.1) is 13.1 Å². The Hall–Kier alpha value is -2.21. The molecular weight excluding hydrogens is 268 g/mol. The number of hydrogen-bond acceptors (Lipinski definition) is 5. The van der Waals surface area contributed by atoms with E-state index in [0.717, 1.165) is 12.0 Å². The predicted molar refractivity (Wildman–Crippen MR) is 79.4 cm³/mol. The van der Waals surface area contributed by atoms with Gasteiger partial charge in [0, 0.05) is 12.1 Å². The van der Waals surface area contributed by atoms with E-state index in [-0.39, 0.29) is 5.91 Å². The van der Waals surface area contributed by atoms with Crippen LogP contribution >= 0.6 is 0 Å². The lowest BCUT2D eigenvalue weighted by Crippen LogP contribution is -2.35. The van der Waals surface area contributed by atoms with Gasteiger partial charge in [0.2, 0.25) is 17.7 Å². The van der Waals surface area contributed by atoms with Gasteiger partial charge in [0.1, 0.15) is 0 Å². The van der Waals surface area contributed by atoms with E-state index >= 15 is 0 Å². The number of nitrogens with zero attached hydrogens (tertiary/aromatic N) is 3. The molecule has 0 bridgehead atoms. The van der Waals surface area contributed by atoms with Crippen molar-refractivity contribution in [1.82, 2.24) is 20.4 Å². The first-order valence-corrected chi connectivity index (χ1v) is 7.02. The molecular formula is C15H20N4O2. The third-order valence-electron chi connectivity index (χ3n) is 2.88. The smallest absolute Gasteiger partial charge is 0.247 e. The number of hydrogen-bond donors (Lipinski definition) is 1. The minimum absolute atomic E-state index is 0.00199. The molecule has 2 rings (SSSR count). The zero-order valence-corrected chi connectivity index (χ0v) is 12.4. The van der Waals surface area contributed by atoms with Gasteiger partial charge in [-0.05, 0) is 25.6 Å². The Kier molecular flexibility index (Phi) is 5.45.